The number of nitrogens with zero attached hydrogens (tertiary/aromatic N) is 6. The summed E-state index contributed by atoms with van der Waals surface area (Å²) in [6.07, 6.45) is 3.80. The van der Waals surface area contributed by atoms with Crippen LogP contribution < -0.4 is 15.0 Å². The third-order valence-corrected chi connectivity index (χ3v) is 12.8. The minimum Gasteiger partial charge on any atom is -0.477 e. The van der Waals surface area contributed by atoms with Gasteiger partial charge in [-0.15, -0.1) is 23.1 Å². The van der Waals surface area contributed by atoms with E-state index in [1.54, 1.807) is 6.92 Å². The first-order valence-corrected chi connectivity index (χ1v) is 18.6. The Hall–Kier alpha value is -3.39. The van der Waals surface area contributed by atoms with E-state index in [9.17, 15) is 34.1 Å². The normalized spacial score (nSPS) is 19.7. The molecule has 0 aromatic carbocycles. The van der Waals surface area contributed by atoms with Gasteiger partial charge in [0.1, 0.15) is 30.8 Å². The molecule has 0 spiro atoms. The lowest BCUT2D eigenvalue weighted by atomic mass is 10.0. The number of pyridine rings is 1. The molecule has 0 saturated carbocycles. The molecule has 3 aromatic rings. The molecule has 2 amide bonds. The Balaban J connectivity index is 1.31. The lowest BCUT2D eigenvalue weighted by molar-refractivity contribution is -0.671. The van der Waals surface area contributed by atoms with E-state index < -0.39 is 47.8 Å². The number of carbonyl (C=O) groups is 3. The molecule has 3 aromatic heterocycles. The number of carbonyl (C=O) groups excluding carboxylic acids is 2. The first-order chi connectivity index (χ1) is 21.7. The van der Waals surface area contributed by atoms with Crippen LogP contribution in [-0.2, 0) is 30.8 Å². The fraction of sp³-hybridized carbons (Fsp3) is 0.360. The van der Waals surface area contributed by atoms with Crippen LogP contribution in [-0.4, -0.2) is 87.0 Å². The van der Waals surface area contributed by atoms with Crippen LogP contribution in [0.15, 0.2) is 50.0 Å². The highest BCUT2D eigenvalue weighted by Crippen LogP contribution is 2.52. The van der Waals surface area contributed by atoms with E-state index >= 15 is 0 Å². The molecule has 5 heterocycles. The molecule has 2 aliphatic heterocycles. The van der Waals surface area contributed by atoms with E-state index in [-0.39, 0.29) is 29.0 Å². The van der Waals surface area contributed by atoms with E-state index in [2.05, 4.69) is 29.9 Å². The third kappa shape index (κ3) is 6.97. The fourth-order valence-electron chi connectivity index (χ4n) is 4.04. The lowest BCUT2D eigenvalue weighted by Gasteiger charge is -2.49. The molecule has 2 aliphatic rings. The molecule has 1 unspecified atom stereocenters. The molecule has 21 heteroatoms. The van der Waals surface area contributed by atoms with Crippen molar-refractivity contribution < 1.29 is 43.5 Å². The number of hydrogen-bond donors (Lipinski definition) is 5. The average molecular weight is 728 g/mol. The maximum Gasteiger partial charge on any atom is 0.353 e. The van der Waals surface area contributed by atoms with Gasteiger partial charge in [0, 0.05) is 45.3 Å². The zero-order chi connectivity index (χ0) is 33.4. The second kappa shape index (κ2) is 13.4. The molecular weight excluding hydrogens is 700 g/mol. The van der Waals surface area contributed by atoms with Crippen molar-refractivity contribution in [1.29, 1.82) is 0 Å². The summed E-state index contributed by atoms with van der Waals surface area (Å²) in [6, 6.07) is 2.77. The number of aromatic nitrogens is 4. The minimum absolute atomic E-state index is 0.0864. The van der Waals surface area contributed by atoms with Crippen molar-refractivity contribution in [2.24, 2.45) is 12.2 Å². The van der Waals surface area contributed by atoms with Crippen molar-refractivity contribution in [2.75, 3.05) is 17.4 Å². The molecule has 1 fully saturated rings. The van der Waals surface area contributed by atoms with E-state index in [1.165, 1.54) is 34.9 Å². The number of aliphatic carboxylic acids is 1. The van der Waals surface area contributed by atoms with Crippen molar-refractivity contribution >= 4 is 82.5 Å². The van der Waals surface area contributed by atoms with Gasteiger partial charge in [0.25, 0.3) is 11.8 Å². The monoisotopic (exact) mass is 727 g/mol. The van der Waals surface area contributed by atoms with E-state index in [1.807, 2.05) is 41.5 Å². The molecule has 244 valence electrons. The van der Waals surface area contributed by atoms with Crippen molar-refractivity contribution in [1.82, 2.24) is 24.6 Å². The molecule has 5 rings (SSSR count). The van der Waals surface area contributed by atoms with Gasteiger partial charge in [0.15, 0.2) is 22.1 Å². The number of anilines is 1. The second-order valence-electron chi connectivity index (χ2n) is 10.3. The SMILES string of the molecule is CCO/N=C(\C(=O)N[C@@H]1C(=O)N2C(C(=O)O)=C(Sc3nc(-c4cc[n+](C)cc4)cs3)CS[C@H]12)c1nsc(NP(=O)(O)C(C)(C)O)n1. The maximum absolute atomic E-state index is 13.3. The van der Waals surface area contributed by atoms with Gasteiger partial charge in [0.05, 0.1) is 5.69 Å². The van der Waals surface area contributed by atoms with Gasteiger partial charge in [-0.2, -0.15) is 9.36 Å². The topological polar surface area (TPSA) is 220 Å². The average Bonchev–Trinajstić information content (AvgIpc) is 3.65. The predicted octanol–water partition coefficient (Wildman–Crippen LogP) is 2.04. The number of thioether (sulfide) groups is 2. The summed E-state index contributed by atoms with van der Waals surface area (Å²) in [5, 5.41) is 27.6. The number of rotatable bonds is 12. The summed E-state index contributed by atoms with van der Waals surface area (Å²) in [5.74, 6) is -2.79. The Morgan fingerprint density at radius 3 is 2.67 bits per heavy atom. The van der Waals surface area contributed by atoms with Gasteiger partial charge in [0.2, 0.25) is 16.7 Å². The number of aryl methyl sites for hydroxylation is 1. The van der Waals surface area contributed by atoms with Crippen LogP contribution in [0.5, 0.6) is 0 Å². The van der Waals surface area contributed by atoms with Crippen LogP contribution in [0.4, 0.5) is 5.13 Å². The highest BCUT2D eigenvalue weighted by molar-refractivity contribution is 8.07. The first-order valence-electron chi connectivity index (χ1n) is 13.4. The largest absolute Gasteiger partial charge is 0.477 e. The minimum atomic E-state index is -4.33. The van der Waals surface area contributed by atoms with Gasteiger partial charge in [-0.05, 0) is 20.8 Å². The first kappa shape index (κ1) is 34.0. The highest BCUT2D eigenvalue weighted by atomic mass is 32.2. The number of fused-ring (bicyclic) bond motifs is 1. The molecule has 1 saturated heterocycles. The quantitative estimate of drug-likeness (QED) is 0.0593. The number of carboxylic acid groups (broad SMARTS) is 1. The van der Waals surface area contributed by atoms with Crippen LogP contribution in [0.3, 0.4) is 0 Å². The summed E-state index contributed by atoms with van der Waals surface area (Å²) >= 11 is 4.48. The van der Waals surface area contributed by atoms with E-state index in [4.69, 9.17) is 4.84 Å². The summed E-state index contributed by atoms with van der Waals surface area (Å²) in [7, 11) is -2.42. The molecule has 46 heavy (non-hydrogen) atoms. The van der Waals surface area contributed by atoms with Gasteiger partial charge in [-0.1, -0.05) is 16.9 Å². The molecule has 0 radical (unpaired) electrons. The van der Waals surface area contributed by atoms with Crippen molar-refractivity contribution in [3.8, 4) is 11.3 Å². The lowest BCUT2D eigenvalue weighted by Crippen LogP contribution is -2.71. The fourth-order valence-corrected chi connectivity index (χ4v) is 9.04. The smallest absolute Gasteiger partial charge is 0.353 e. The van der Waals surface area contributed by atoms with Crippen LogP contribution in [0.2, 0.25) is 0 Å². The van der Waals surface area contributed by atoms with E-state index in [0.29, 0.717) is 20.8 Å². The number of carboxylic acids is 1. The molecule has 16 nitrogen and oxygen atoms in total. The molecule has 5 N–H and O–H groups in total. The number of hydrogen-bond acceptors (Lipinski definition) is 14. The number of oxime groups is 1. The predicted molar refractivity (Wildman–Crippen MR) is 172 cm³/mol. The second-order valence-corrected chi connectivity index (χ2v) is 16.8. The number of thiazole rings is 1. The maximum atomic E-state index is 13.3. The van der Waals surface area contributed by atoms with Crippen molar-refractivity contribution in [3.05, 3.63) is 46.3 Å². The Bertz CT molecular complexity index is 1790. The number of β-lactam (4-membered cyclic amide) rings is 1. The third-order valence-electron chi connectivity index (χ3n) is 6.52. The van der Waals surface area contributed by atoms with Gasteiger partial charge < -0.3 is 25.3 Å². The molecule has 0 bridgehead atoms. The molecule has 0 aliphatic carbocycles. The highest BCUT2D eigenvalue weighted by Gasteiger charge is 2.55. The zero-order valence-corrected chi connectivity index (χ0v) is 28.8. The number of aliphatic hydroxyl groups is 1. The summed E-state index contributed by atoms with van der Waals surface area (Å²) < 4.78 is 19.0. The number of amides is 2. The van der Waals surface area contributed by atoms with Crippen LogP contribution in [0.25, 0.3) is 11.3 Å². The van der Waals surface area contributed by atoms with Crippen molar-refractivity contribution in [2.45, 2.75) is 41.9 Å². The Kier molecular flexibility index (Phi) is 9.88. The summed E-state index contributed by atoms with van der Waals surface area (Å²) in [5.41, 5.74) is 1.08. The van der Waals surface area contributed by atoms with E-state index in [0.717, 1.165) is 30.0 Å². The summed E-state index contributed by atoms with van der Waals surface area (Å²) in [6.45, 7) is 4.01. The van der Waals surface area contributed by atoms with Crippen LogP contribution in [0.1, 0.15) is 26.6 Å². The number of nitrogens with one attached hydrogen (secondary N) is 2. The Morgan fingerprint density at radius 2 is 2.02 bits per heavy atom. The van der Waals surface area contributed by atoms with Crippen LogP contribution in [0, 0.1) is 0 Å². The molecular formula is C25H28N8O8PS4+. The summed E-state index contributed by atoms with van der Waals surface area (Å²) in [4.78, 5) is 64.4. The van der Waals surface area contributed by atoms with Gasteiger partial charge in [-0.25, -0.2) is 14.3 Å². The van der Waals surface area contributed by atoms with Gasteiger partial charge >= 0.3 is 13.5 Å². The van der Waals surface area contributed by atoms with Gasteiger partial charge in [-0.3, -0.25) is 24.1 Å². The van der Waals surface area contributed by atoms with Crippen molar-refractivity contribution in [3.63, 3.8) is 0 Å². The zero-order valence-electron chi connectivity index (χ0n) is 24.6. The molecule has 3 atom stereocenters. The standard InChI is InChI=1S/C25H27N8O8PS4/c1-5-41-29-15(18-28-23(46-31-18)30-42(39,40)25(2,3)38)19(34)27-16-20(35)33-17(22(36)37)14(11-43-21(16)33)45-24-26-13(10-44-24)12-6-8-32(4)9-7-12/h6-10,16,21,38H,5,11H2,1-4H3,(H3-,27,28,30,31,34,36,37,39,40)/p+1/b29-15-/t16-,21-/m1/s1. The van der Waals surface area contributed by atoms with Crippen LogP contribution >= 0.6 is 53.9 Å². The Morgan fingerprint density at radius 1 is 1.30 bits per heavy atom. The Labute approximate surface area is 278 Å².